The minimum atomic E-state index is -0.664. The molecule has 0 bridgehead atoms. The lowest BCUT2D eigenvalue weighted by atomic mass is 10.1. The summed E-state index contributed by atoms with van der Waals surface area (Å²) in [5, 5.41) is 5.52. The summed E-state index contributed by atoms with van der Waals surface area (Å²) in [4.78, 5) is 41.4. The number of carbonyl (C=O) groups is 3. The van der Waals surface area contributed by atoms with Crippen molar-refractivity contribution in [2.45, 2.75) is 46.8 Å². The van der Waals surface area contributed by atoms with Crippen LogP contribution < -0.4 is 0 Å². The maximum atomic E-state index is 13.8. The molecule has 230 valence electrons. The molecule has 4 rings (SSSR count). The summed E-state index contributed by atoms with van der Waals surface area (Å²) in [6.07, 6.45) is 1.63. The molecule has 1 amide bonds. The van der Waals surface area contributed by atoms with Crippen LogP contribution >= 0.6 is 34.8 Å². The second-order valence-electron chi connectivity index (χ2n) is 10.0. The van der Waals surface area contributed by atoms with Gasteiger partial charge in [-0.15, -0.1) is 0 Å². The molecule has 1 heterocycles. The molecule has 0 saturated heterocycles. The van der Waals surface area contributed by atoms with Gasteiger partial charge in [-0.1, -0.05) is 84.5 Å². The number of esters is 2. The highest BCUT2D eigenvalue weighted by Gasteiger charge is 2.27. The standard InChI is InChI=1S/C33H32Cl3N3O5/c1-4-6-16-38(19-23-12-14-26(34)27(35)17-23)31(40)30-29(36)21(3)39(37-30)28-15-13-24(18-25(28)33(42)43-5-2)32(41)44-20-22-10-8-7-9-11-22/h7-15,17-18H,4-6,16,19-20H2,1-3H3. The summed E-state index contributed by atoms with van der Waals surface area (Å²) in [5.74, 6) is -1.65. The molecular formula is C33H32Cl3N3O5. The van der Waals surface area contributed by atoms with E-state index in [-0.39, 0.29) is 47.5 Å². The Labute approximate surface area is 271 Å². The second kappa shape index (κ2) is 15.2. The third-order valence-corrected chi connectivity index (χ3v) is 8.03. The normalized spacial score (nSPS) is 10.9. The molecule has 44 heavy (non-hydrogen) atoms. The summed E-state index contributed by atoms with van der Waals surface area (Å²) in [6, 6.07) is 19.0. The second-order valence-corrected chi connectivity index (χ2v) is 11.2. The Morgan fingerprint density at radius 1 is 0.864 bits per heavy atom. The largest absolute Gasteiger partial charge is 0.462 e. The average Bonchev–Trinajstić information content (AvgIpc) is 3.33. The first-order valence-electron chi connectivity index (χ1n) is 14.1. The van der Waals surface area contributed by atoms with Crippen molar-refractivity contribution in [3.8, 4) is 5.69 Å². The van der Waals surface area contributed by atoms with Gasteiger partial charge in [0.2, 0.25) is 0 Å². The minimum absolute atomic E-state index is 0.0292. The third-order valence-electron chi connectivity index (χ3n) is 6.84. The van der Waals surface area contributed by atoms with E-state index in [4.69, 9.17) is 44.3 Å². The van der Waals surface area contributed by atoms with E-state index >= 15 is 0 Å². The average molecular weight is 657 g/mol. The van der Waals surface area contributed by atoms with E-state index in [1.165, 1.54) is 16.8 Å². The zero-order valence-electron chi connectivity index (χ0n) is 24.6. The molecule has 0 spiro atoms. The molecule has 0 aliphatic carbocycles. The molecule has 4 aromatic rings. The molecule has 0 aliphatic rings. The molecule has 0 atom stereocenters. The van der Waals surface area contributed by atoms with Crippen LogP contribution in [0.5, 0.6) is 0 Å². The lowest BCUT2D eigenvalue weighted by molar-refractivity contribution is 0.0472. The van der Waals surface area contributed by atoms with Gasteiger partial charge in [-0.25, -0.2) is 14.3 Å². The number of rotatable bonds is 12. The number of hydrogen-bond acceptors (Lipinski definition) is 6. The van der Waals surface area contributed by atoms with Crippen LogP contribution in [-0.2, 0) is 22.6 Å². The Morgan fingerprint density at radius 3 is 2.30 bits per heavy atom. The molecule has 0 N–H and O–H groups in total. The molecule has 0 aliphatic heterocycles. The Bertz CT molecular complexity index is 1660. The highest BCUT2D eigenvalue weighted by atomic mass is 35.5. The van der Waals surface area contributed by atoms with Gasteiger partial charge in [0.05, 0.1) is 44.2 Å². The van der Waals surface area contributed by atoms with Crippen molar-refractivity contribution in [3.63, 3.8) is 0 Å². The number of amides is 1. The van der Waals surface area contributed by atoms with Gasteiger partial charge in [-0.2, -0.15) is 5.10 Å². The van der Waals surface area contributed by atoms with Gasteiger partial charge in [0.1, 0.15) is 6.61 Å². The Balaban J connectivity index is 1.67. The molecule has 0 radical (unpaired) electrons. The molecule has 0 fully saturated rings. The molecule has 1 aromatic heterocycles. The summed E-state index contributed by atoms with van der Waals surface area (Å²) >= 11 is 19.0. The van der Waals surface area contributed by atoms with Gasteiger partial charge in [0.25, 0.3) is 5.91 Å². The van der Waals surface area contributed by atoms with Crippen LogP contribution in [0.4, 0.5) is 0 Å². The van der Waals surface area contributed by atoms with E-state index in [1.54, 1.807) is 36.9 Å². The van der Waals surface area contributed by atoms with E-state index in [1.807, 2.05) is 43.3 Å². The van der Waals surface area contributed by atoms with Gasteiger partial charge in [-0.05, 0) is 61.7 Å². The zero-order chi connectivity index (χ0) is 31.8. The van der Waals surface area contributed by atoms with E-state index in [0.29, 0.717) is 28.0 Å². The van der Waals surface area contributed by atoms with E-state index < -0.39 is 11.9 Å². The summed E-state index contributed by atoms with van der Waals surface area (Å²) < 4.78 is 12.2. The monoisotopic (exact) mass is 655 g/mol. The molecule has 3 aromatic carbocycles. The van der Waals surface area contributed by atoms with Gasteiger partial charge >= 0.3 is 11.9 Å². The van der Waals surface area contributed by atoms with Crippen LogP contribution in [0, 0.1) is 6.92 Å². The number of ether oxygens (including phenoxy) is 2. The van der Waals surface area contributed by atoms with Crippen molar-refractivity contribution in [3.05, 3.63) is 115 Å². The third kappa shape index (κ3) is 7.80. The first-order chi connectivity index (χ1) is 21.1. The molecule has 0 saturated carbocycles. The van der Waals surface area contributed by atoms with Crippen LogP contribution in [0.15, 0.2) is 66.7 Å². The van der Waals surface area contributed by atoms with Crippen LogP contribution in [0.3, 0.4) is 0 Å². The van der Waals surface area contributed by atoms with Crippen molar-refractivity contribution in [1.82, 2.24) is 14.7 Å². The molecular weight excluding hydrogens is 625 g/mol. The molecule has 0 unspecified atom stereocenters. The highest BCUT2D eigenvalue weighted by molar-refractivity contribution is 6.42. The number of nitrogens with zero attached hydrogens (tertiary/aromatic N) is 3. The fourth-order valence-corrected chi connectivity index (χ4v) is 5.01. The number of hydrogen-bond donors (Lipinski definition) is 0. The van der Waals surface area contributed by atoms with Crippen molar-refractivity contribution in [1.29, 1.82) is 0 Å². The summed E-state index contributed by atoms with van der Waals surface area (Å²) in [5.41, 5.74) is 2.62. The van der Waals surface area contributed by atoms with Gasteiger partial charge in [0.15, 0.2) is 5.69 Å². The van der Waals surface area contributed by atoms with Crippen molar-refractivity contribution >= 4 is 52.6 Å². The Kier molecular flexibility index (Phi) is 11.4. The topological polar surface area (TPSA) is 90.7 Å². The summed E-state index contributed by atoms with van der Waals surface area (Å²) in [6.45, 7) is 6.33. The number of unbranched alkanes of at least 4 members (excludes halogenated alkanes) is 1. The SMILES string of the molecule is CCCCN(Cc1ccc(Cl)c(Cl)c1)C(=O)c1nn(-c2ccc(C(=O)OCc3ccccc3)cc2C(=O)OCC)c(C)c1Cl. The van der Waals surface area contributed by atoms with Crippen LogP contribution in [0.25, 0.3) is 5.69 Å². The highest BCUT2D eigenvalue weighted by Crippen LogP contribution is 2.29. The Hall–Kier alpha value is -3.85. The van der Waals surface area contributed by atoms with Crippen LogP contribution in [0.2, 0.25) is 15.1 Å². The maximum absolute atomic E-state index is 13.8. The quantitative estimate of drug-likeness (QED) is 0.143. The lowest BCUT2D eigenvalue weighted by Gasteiger charge is -2.22. The number of aromatic nitrogens is 2. The minimum Gasteiger partial charge on any atom is -0.462 e. The van der Waals surface area contributed by atoms with E-state index in [2.05, 4.69) is 5.10 Å². The number of benzene rings is 3. The first-order valence-corrected chi connectivity index (χ1v) is 15.3. The van der Waals surface area contributed by atoms with E-state index in [0.717, 1.165) is 24.0 Å². The fraction of sp³-hybridized carbons (Fsp3) is 0.273. The number of halogens is 3. The number of carbonyl (C=O) groups excluding carboxylic acids is 3. The van der Waals surface area contributed by atoms with Gasteiger partial charge in [-0.3, -0.25) is 4.79 Å². The first kappa shape index (κ1) is 33.1. The maximum Gasteiger partial charge on any atom is 0.340 e. The molecule has 11 heteroatoms. The predicted molar refractivity (Wildman–Crippen MR) is 171 cm³/mol. The van der Waals surface area contributed by atoms with Crippen molar-refractivity contribution in [2.75, 3.05) is 13.2 Å². The van der Waals surface area contributed by atoms with Gasteiger partial charge in [0, 0.05) is 13.1 Å². The van der Waals surface area contributed by atoms with Crippen LogP contribution in [0.1, 0.15) is 74.7 Å². The van der Waals surface area contributed by atoms with Crippen molar-refractivity contribution < 1.29 is 23.9 Å². The van der Waals surface area contributed by atoms with Crippen LogP contribution in [-0.4, -0.2) is 45.7 Å². The van der Waals surface area contributed by atoms with E-state index in [9.17, 15) is 14.4 Å². The smallest absolute Gasteiger partial charge is 0.340 e. The predicted octanol–water partition coefficient (Wildman–Crippen LogP) is 8.12. The molecule has 8 nitrogen and oxygen atoms in total. The summed E-state index contributed by atoms with van der Waals surface area (Å²) in [7, 11) is 0. The fourth-order valence-electron chi connectivity index (χ4n) is 4.49. The van der Waals surface area contributed by atoms with Crippen molar-refractivity contribution in [2.24, 2.45) is 0 Å². The lowest BCUT2D eigenvalue weighted by Crippen LogP contribution is -2.32. The Morgan fingerprint density at radius 2 is 1.61 bits per heavy atom. The van der Waals surface area contributed by atoms with Gasteiger partial charge < -0.3 is 14.4 Å². The zero-order valence-corrected chi connectivity index (χ0v) is 26.9.